The molecular weight excluding hydrogens is 300 g/mol. The molecule has 0 aromatic carbocycles. The molecule has 0 bridgehead atoms. The molecule has 0 atom stereocenters. The Bertz CT molecular complexity index is 11.6. The molecular formula is CoCuMgSrZn. The number of rotatable bonds is 0. The zero-order chi connectivity index (χ0) is 0. The summed E-state index contributed by atoms with van der Waals surface area (Å²) < 4.78 is 0. The van der Waals surface area contributed by atoms with Crippen molar-refractivity contribution in [1.29, 1.82) is 0 Å². The molecule has 5 heteroatoms. The van der Waals surface area contributed by atoms with Crippen LogP contribution in [0.1, 0.15) is 0 Å². The maximum Gasteiger partial charge on any atom is 0 e. The van der Waals surface area contributed by atoms with Crippen LogP contribution in [0.4, 0.5) is 0 Å². The van der Waals surface area contributed by atoms with E-state index in [-0.39, 0.29) is 122 Å². The zero-order valence-corrected chi connectivity index (χ0v) is 12.6. The van der Waals surface area contributed by atoms with Crippen molar-refractivity contribution in [2.45, 2.75) is 0 Å². The van der Waals surface area contributed by atoms with E-state index in [1.54, 1.807) is 0 Å². The molecule has 0 aromatic rings. The Kier molecular flexibility index (Phi) is 181. The minimum Gasteiger partial charge on any atom is 0 e. The van der Waals surface area contributed by atoms with Gasteiger partial charge >= 0.3 is 0 Å². The quantitative estimate of drug-likeness (QED) is 0.516. The maximum absolute atomic E-state index is 0. The van der Waals surface area contributed by atoms with Gasteiger partial charge in [-0.1, -0.05) is 0 Å². The van der Waals surface area contributed by atoms with Gasteiger partial charge in [0.25, 0.3) is 0 Å². The Morgan fingerprint density at radius 3 is 1.00 bits per heavy atom. The van der Waals surface area contributed by atoms with Gasteiger partial charge in [-0.3, -0.25) is 0 Å². The minimum atomic E-state index is 0. The molecule has 0 nitrogen and oxygen atoms in total. The van der Waals surface area contributed by atoms with E-state index in [4.69, 9.17) is 0 Å². The van der Waals surface area contributed by atoms with Gasteiger partial charge in [-0.25, -0.2) is 0 Å². The molecule has 0 heterocycles. The van der Waals surface area contributed by atoms with Gasteiger partial charge in [-0.05, 0) is 0 Å². The summed E-state index contributed by atoms with van der Waals surface area (Å²) in [5.41, 5.74) is 0. The Morgan fingerprint density at radius 1 is 1.00 bits per heavy atom. The molecule has 6 radical (unpaired) electrons. The second-order valence-electron chi connectivity index (χ2n) is 0. The second-order valence-corrected chi connectivity index (χ2v) is 0. The van der Waals surface area contributed by atoms with Crippen LogP contribution >= 0.6 is 0 Å². The summed E-state index contributed by atoms with van der Waals surface area (Å²) in [7, 11) is 0. The summed E-state index contributed by atoms with van der Waals surface area (Å²) in [5.74, 6) is 0. The van der Waals surface area contributed by atoms with Crippen LogP contribution in [0.3, 0.4) is 0 Å². The van der Waals surface area contributed by atoms with E-state index in [2.05, 4.69) is 0 Å². The molecule has 5 heavy (non-hydrogen) atoms. The van der Waals surface area contributed by atoms with Gasteiger partial charge in [0, 0.05) is 122 Å². The molecule has 0 spiro atoms. The normalized spacial score (nSPS) is 0. The molecule has 0 saturated carbocycles. The molecule has 0 saturated heterocycles. The van der Waals surface area contributed by atoms with Crippen LogP contribution in [0.2, 0.25) is 0 Å². The Hall–Kier alpha value is 3.90. The fourth-order valence-corrected chi connectivity index (χ4v) is 0. The van der Waals surface area contributed by atoms with Gasteiger partial charge in [0.05, 0.1) is 0 Å². The summed E-state index contributed by atoms with van der Waals surface area (Å²) in [6.45, 7) is 0. The van der Waals surface area contributed by atoms with E-state index < -0.39 is 0 Å². The average molecular weight is 300 g/mol. The maximum atomic E-state index is 0. The third-order valence-corrected chi connectivity index (χ3v) is 0. The first-order valence-electron chi connectivity index (χ1n) is 0. The van der Waals surface area contributed by atoms with Crippen molar-refractivity contribution in [3.05, 3.63) is 0 Å². The van der Waals surface area contributed by atoms with Crippen molar-refractivity contribution in [3.63, 3.8) is 0 Å². The molecule has 0 unspecified atom stereocenters. The van der Waals surface area contributed by atoms with Crippen molar-refractivity contribution < 1.29 is 53.3 Å². The van der Waals surface area contributed by atoms with E-state index in [9.17, 15) is 0 Å². The van der Waals surface area contributed by atoms with Gasteiger partial charge < -0.3 is 0 Å². The van der Waals surface area contributed by atoms with Crippen molar-refractivity contribution >= 4 is 68.5 Å². The van der Waals surface area contributed by atoms with Crippen LogP contribution in [-0.2, 0) is 53.3 Å². The summed E-state index contributed by atoms with van der Waals surface area (Å²) in [5, 5.41) is 0. The van der Waals surface area contributed by atoms with Crippen LogP contribution in [0, 0.1) is 0 Å². The van der Waals surface area contributed by atoms with Crippen LogP contribution < -0.4 is 0 Å². The number of hydrogen-bond donors (Lipinski definition) is 0. The van der Waals surface area contributed by atoms with Crippen LogP contribution in [0.25, 0.3) is 0 Å². The average Bonchev–Trinajstić information content (AvgIpc) is 0. The van der Waals surface area contributed by atoms with Crippen molar-refractivity contribution in [2.24, 2.45) is 0 Å². The largest absolute Gasteiger partial charge is 0 e. The van der Waals surface area contributed by atoms with Gasteiger partial charge in [-0.2, -0.15) is 0 Å². The molecule has 26 valence electrons. The predicted octanol–water partition coefficient (Wildman–Crippen LogP) is -0.769. The number of hydrogen-bond acceptors (Lipinski definition) is 0. The van der Waals surface area contributed by atoms with E-state index in [1.807, 2.05) is 0 Å². The van der Waals surface area contributed by atoms with Gasteiger partial charge in [-0.15, -0.1) is 0 Å². The van der Waals surface area contributed by atoms with E-state index in [1.165, 1.54) is 0 Å². The van der Waals surface area contributed by atoms with E-state index in [0.717, 1.165) is 0 Å². The van der Waals surface area contributed by atoms with E-state index in [0.29, 0.717) is 0 Å². The van der Waals surface area contributed by atoms with Crippen LogP contribution in [0.15, 0.2) is 0 Å². The molecule has 0 N–H and O–H groups in total. The van der Waals surface area contributed by atoms with Gasteiger partial charge in [0.1, 0.15) is 0 Å². The standard InChI is InChI=1S/Co.Cu.Mg.Sr.Zn. The van der Waals surface area contributed by atoms with Crippen LogP contribution in [0.5, 0.6) is 0 Å². The summed E-state index contributed by atoms with van der Waals surface area (Å²) >= 11 is 0. The third-order valence-electron chi connectivity index (χ3n) is 0. The Morgan fingerprint density at radius 2 is 1.00 bits per heavy atom. The second kappa shape index (κ2) is 24.7. The molecule has 0 aliphatic heterocycles. The fraction of sp³-hybridized carbons (Fsp3) is 0. The first-order chi connectivity index (χ1) is 0. The van der Waals surface area contributed by atoms with Crippen LogP contribution in [-0.4, -0.2) is 68.5 Å². The topological polar surface area (TPSA) is 0 Å². The first-order valence-corrected chi connectivity index (χ1v) is 0. The van der Waals surface area contributed by atoms with Crippen molar-refractivity contribution in [1.82, 2.24) is 0 Å². The Balaban J connectivity index is 0. The molecule has 0 aromatic heterocycles. The van der Waals surface area contributed by atoms with Crippen molar-refractivity contribution in [3.8, 4) is 0 Å². The van der Waals surface area contributed by atoms with Crippen molar-refractivity contribution in [2.75, 3.05) is 0 Å². The van der Waals surface area contributed by atoms with Gasteiger partial charge in [0.15, 0.2) is 0 Å². The Labute approximate surface area is 119 Å². The zero-order valence-electron chi connectivity index (χ0n) is 2.76. The monoisotopic (exact) mass is 298 g/mol. The minimum absolute atomic E-state index is 0. The summed E-state index contributed by atoms with van der Waals surface area (Å²) in [6, 6.07) is 0. The fourth-order valence-electron chi connectivity index (χ4n) is 0. The molecule has 0 fully saturated rings. The summed E-state index contributed by atoms with van der Waals surface area (Å²) in [6.07, 6.45) is 0. The molecule has 0 amide bonds. The molecule has 0 aliphatic rings. The third kappa shape index (κ3) is 18.1. The van der Waals surface area contributed by atoms with Gasteiger partial charge in [0.2, 0.25) is 0 Å². The van der Waals surface area contributed by atoms with E-state index >= 15 is 0 Å². The SMILES string of the molecule is [Co].[Cu].[Mg].[Sr].[Zn]. The summed E-state index contributed by atoms with van der Waals surface area (Å²) in [4.78, 5) is 0. The smallest absolute Gasteiger partial charge is 0 e. The predicted molar refractivity (Wildman–Crippen MR) is 11.5 cm³/mol. The molecule has 0 aliphatic carbocycles. The molecule has 0 rings (SSSR count). The first kappa shape index (κ1) is 36.5.